The minimum absolute atomic E-state index is 0.194. The molecule has 0 radical (unpaired) electrons. The van der Waals surface area contributed by atoms with Gasteiger partial charge in [-0.2, -0.15) is 0 Å². The Morgan fingerprint density at radius 3 is 2.27 bits per heavy atom. The first-order chi connectivity index (χ1) is 6.88. The number of esters is 1. The van der Waals surface area contributed by atoms with E-state index in [1.165, 1.54) is 6.92 Å². The van der Waals surface area contributed by atoms with Gasteiger partial charge in [0.25, 0.3) is 0 Å². The van der Waals surface area contributed by atoms with Crippen molar-refractivity contribution in [3.05, 3.63) is 16.9 Å². The predicted molar refractivity (Wildman–Crippen MR) is 52.8 cm³/mol. The van der Waals surface area contributed by atoms with E-state index in [2.05, 4.69) is 10.5 Å². The molecule has 0 fully saturated rings. The van der Waals surface area contributed by atoms with Crippen molar-refractivity contribution in [3.8, 4) is 0 Å². The maximum Gasteiger partial charge on any atom is 0.343 e. The van der Waals surface area contributed by atoms with E-state index in [1.807, 2.05) is 0 Å². The van der Waals surface area contributed by atoms with Crippen LogP contribution >= 0.6 is 0 Å². The van der Waals surface area contributed by atoms with Gasteiger partial charge < -0.3 is 20.1 Å². The molecule has 2 unspecified atom stereocenters. The van der Waals surface area contributed by atoms with Crippen LogP contribution in [0.15, 0.2) is 16.9 Å². The first kappa shape index (κ1) is 13.9. The van der Waals surface area contributed by atoms with Crippen LogP contribution in [0, 0.1) is 0 Å². The molecule has 0 spiro atoms. The second-order valence-electron chi connectivity index (χ2n) is 3.30. The molecular weight excluding hydrogens is 200 g/mol. The van der Waals surface area contributed by atoms with Crippen LogP contribution in [0.1, 0.15) is 20.8 Å². The molecule has 0 aliphatic rings. The molecule has 0 saturated carbocycles. The molecule has 5 nitrogen and oxygen atoms in total. The Bertz CT molecular complexity index is 284. The number of aliphatic hydroxyl groups is 3. The fraction of sp³-hybridized carbons (Fsp3) is 0.600. The number of ether oxygens (including phenoxy) is 1. The molecule has 0 aromatic rings. The van der Waals surface area contributed by atoms with Gasteiger partial charge in [0.05, 0.1) is 12.2 Å². The fourth-order valence-corrected chi connectivity index (χ4v) is 0.793. The molecule has 3 N–H and O–H groups in total. The quantitative estimate of drug-likeness (QED) is 0.260. The minimum Gasteiger partial charge on any atom is -0.429 e. The smallest absolute Gasteiger partial charge is 0.343 e. The Morgan fingerprint density at radius 2 is 1.87 bits per heavy atom. The Balaban J connectivity index is 4.45. The van der Waals surface area contributed by atoms with Crippen molar-refractivity contribution >= 4 is 5.97 Å². The van der Waals surface area contributed by atoms with Gasteiger partial charge in [-0.1, -0.05) is 0 Å². The van der Waals surface area contributed by atoms with Crippen molar-refractivity contribution in [2.75, 3.05) is 6.61 Å². The summed E-state index contributed by atoms with van der Waals surface area (Å²) >= 11 is 0. The van der Waals surface area contributed by atoms with Gasteiger partial charge in [0.2, 0.25) is 6.29 Å². The number of carbonyl (C=O) groups is 1. The summed E-state index contributed by atoms with van der Waals surface area (Å²) in [5, 5.41) is 26.5. The van der Waals surface area contributed by atoms with Crippen molar-refractivity contribution in [3.63, 3.8) is 0 Å². The number of hydrogen-bond donors (Lipinski definition) is 3. The molecule has 0 heterocycles. The van der Waals surface area contributed by atoms with E-state index < -0.39 is 25.0 Å². The third-order valence-electron chi connectivity index (χ3n) is 1.49. The predicted octanol–water partition coefficient (Wildman–Crippen LogP) is -0.287. The van der Waals surface area contributed by atoms with Gasteiger partial charge in [-0.05, 0) is 26.3 Å². The van der Waals surface area contributed by atoms with Crippen LogP contribution in [0.2, 0.25) is 0 Å². The zero-order chi connectivity index (χ0) is 12.0. The molecule has 0 aromatic carbocycles. The molecular formula is C10H16O5. The lowest BCUT2D eigenvalue weighted by Gasteiger charge is -2.15. The normalized spacial score (nSPS) is 13.7. The maximum atomic E-state index is 11.2. The zero-order valence-electron chi connectivity index (χ0n) is 9.02. The summed E-state index contributed by atoms with van der Waals surface area (Å²) in [5.74, 6) is -0.781. The van der Waals surface area contributed by atoms with E-state index in [1.54, 1.807) is 13.8 Å². The molecule has 5 heteroatoms. The highest BCUT2D eigenvalue weighted by molar-refractivity contribution is 5.87. The first-order valence-electron chi connectivity index (χ1n) is 4.47. The van der Waals surface area contributed by atoms with Crippen molar-refractivity contribution < 1.29 is 24.9 Å². The molecule has 0 aliphatic carbocycles. The van der Waals surface area contributed by atoms with Crippen LogP contribution in [-0.2, 0) is 9.53 Å². The van der Waals surface area contributed by atoms with Crippen LogP contribution in [0.4, 0.5) is 0 Å². The van der Waals surface area contributed by atoms with E-state index in [4.69, 9.17) is 15.3 Å². The Kier molecular flexibility index (Phi) is 5.89. The van der Waals surface area contributed by atoms with Crippen molar-refractivity contribution in [1.29, 1.82) is 0 Å². The Hall–Kier alpha value is -1.13. The first-order valence-corrected chi connectivity index (χ1v) is 4.47. The molecule has 0 aliphatic heterocycles. The number of carbonyl (C=O) groups excluding carboxylic acids is 1. The molecule has 2 atom stereocenters. The van der Waals surface area contributed by atoms with E-state index >= 15 is 0 Å². The number of rotatable bonds is 4. The highest BCUT2D eigenvalue weighted by Gasteiger charge is 2.20. The fourth-order valence-electron chi connectivity index (χ4n) is 0.793. The molecule has 86 valence electrons. The van der Waals surface area contributed by atoms with Crippen molar-refractivity contribution in [2.45, 2.75) is 33.2 Å². The van der Waals surface area contributed by atoms with Crippen molar-refractivity contribution in [1.82, 2.24) is 0 Å². The summed E-state index contributed by atoms with van der Waals surface area (Å²) in [6.07, 6.45) is -3.22. The lowest BCUT2D eigenvalue weighted by atomic mass is 10.2. The summed E-state index contributed by atoms with van der Waals surface area (Å²) in [6, 6.07) is 0. The molecule has 15 heavy (non-hydrogen) atoms. The van der Waals surface area contributed by atoms with E-state index in [-0.39, 0.29) is 5.57 Å². The SMILES string of the molecule is CC(C)=C=C(C)C(=O)OC(O)C(O)CO. The lowest BCUT2D eigenvalue weighted by molar-refractivity contribution is -0.186. The van der Waals surface area contributed by atoms with Crippen molar-refractivity contribution in [2.24, 2.45) is 0 Å². The van der Waals surface area contributed by atoms with E-state index in [0.29, 0.717) is 0 Å². The summed E-state index contributed by atoms with van der Waals surface area (Å²) < 4.78 is 4.46. The van der Waals surface area contributed by atoms with Gasteiger partial charge in [0, 0.05) is 0 Å². The lowest BCUT2D eigenvalue weighted by Crippen LogP contribution is -2.33. The summed E-state index contributed by atoms with van der Waals surface area (Å²) in [6.45, 7) is 4.32. The van der Waals surface area contributed by atoms with Gasteiger partial charge in [0.1, 0.15) is 6.10 Å². The number of hydrogen-bond acceptors (Lipinski definition) is 5. The highest BCUT2D eigenvalue weighted by Crippen LogP contribution is 2.02. The van der Waals surface area contributed by atoms with Crippen LogP contribution < -0.4 is 0 Å². The van der Waals surface area contributed by atoms with Crippen LogP contribution in [0.25, 0.3) is 0 Å². The Morgan fingerprint density at radius 1 is 1.33 bits per heavy atom. The monoisotopic (exact) mass is 216 g/mol. The van der Waals surface area contributed by atoms with Crippen LogP contribution in [0.5, 0.6) is 0 Å². The zero-order valence-corrected chi connectivity index (χ0v) is 9.02. The molecule has 0 bridgehead atoms. The van der Waals surface area contributed by atoms with Gasteiger partial charge in [-0.15, -0.1) is 5.73 Å². The Labute approximate surface area is 88.3 Å². The van der Waals surface area contributed by atoms with Crippen LogP contribution in [-0.4, -0.2) is 40.3 Å². The van der Waals surface area contributed by atoms with Gasteiger partial charge >= 0.3 is 5.97 Å². The highest BCUT2D eigenvalue weighted by atomic mass is 16.6. The molecule has 0 aromatic heterocycles. The van der Waals surface area contributed by atoms with E-state index in [0.717, 1.165) is 5.57 Å². The topological polar surface area (TPSA) is 87.0 Å². The van der Waals surface area contributed by atoms with Gasteiger partial charge in [-0.25, -0.2) is 4.79 Å². The summed E-state index contributed by atoms with van der Waals surface area (Å²) in [7, 11) is 0. The molecule has 0 saturated heterocycles. The summed E-state index contributed by atoms with van der Waals surface area (Å²) in [4.78, 5) is 11.2. The minimum atomic E-state index is -1.73. The second-order valence-corrected chi connectivity index (χ2v) is 3.30. The second kappa shape index (κ2) is 6.37. The van der Waals surface area contributed by atoms with Crippen LogP contribution in [0.3, 0.4) is 0 Å². The number of aliphatic hydroxyl groups excluding tert-OH is 3. The van der Waals surface area contributed by atoms with Gasteiger partial charge in [0.15, 0.2) is 0 Å². The standard InChI is InChI=1S/C10H16O5/c1-6(2)4-7(3)9(13)15-10(14)8(12)5-11/h8,10-12,14H,5H2,1-3H3. The molecule has 0 amide bonds. The largest absolute Gasteiger partial charge is 0.429 e. The third kappa shape index (κ3) is 5.34. The summed E-state index contributed by atoms with van der Waals surface area (Å²) in [5.41, 5.74) is 3.70. The van der Waals surface area contributed by atoms with E-state index in [9.17, 15) is 4.79 Å². The average molecular weight is 216 g/mol. The molecule has 0 rings (SSSR count). The van der Waals surface area contributed by atoms with Gasteiger partial charge in [-0.3, -0.25) is 0 Å². The maximum absolute atomic E-state index is 11.2. The average Bonchev–Trinajstić information content (AvgIpc) is 2.15. The third-order valence-corrected chi connectivity index (χ3v) is 1.49.